The molecule has 0 fully saturated rings. The summed E-state index contributed by atoms with van der Waals surface area (Å²) in [6.07, 6.45) is 0.0956. The Morgan fingerprint density at radius 3 is 2.50 bits per heavy atom. The van der Waals surface area contributed by atoms with Gasteiger partial charge in [0.15, 0.2) is 11.6 Å². The number of pyridine rings is 1. The minimum absolute atomic E-state index is 0.0705. The number of hydrogen-bond donors (Lipinski definition) is 4. The Morgan fingerprint density at radius 1 is 1.08 bits per heavy atom. The van der Waals surface area contributed by atoms with Gasteiger partial charge in [0.05, 0.1) is 13.0 Å². The molecule has 0 radical (unpaired) electrons. The quantitative estimate of drug-likeness (QED) is 0.328. The lowest BCUT2D eigenvalue weighted by Crippen LogP contribution is -2.22. The lowest BCUT2D eigenvalue weighted by molar-refractivity contribution is -0.134. The van der Waals surface area contributed by atoms with Crippen molar-refractivity contribution in [2.45, 2.75) is 6.42 Å². The van der Waals surface area contributed by atoms with Crippen molar-refractivity contribution in [1.82, 2.24) is 4.98 Å². The molecule has 1 aromatic carbocycles. The molecule has 10 nitrogen and oxygen atoms in total. The van der Waals surface area contributed by atoms with Crippen LogP contribution in [0, 0.1) is 0 Å². The van der Waals surface area contributed by atoms with Crippen LogP contribution < -0.4 is 27.3 Å². The monoisotopic (exact) mass is 357 g/mol. The van der Waals surface area contributed by atoms with Crippen molar-refractivity contribution < 1.29 is 14.3 Å². The van der Waals surface area contributed by atoms with Crippen LogP contribution in [0.3, 0.4) is 0 Å². The number of aromatic nitrogens is 1. The number of ether oxygens (including phenoxy) is 1. The van der Waals surface area contributed by atoms with E-state index >= 15 is 0 Å². The molecule has 0 spiro atoms. The van der Waals surface area contributed by atoms with E-state index in [4.69, 9.17) is 21.9 Å². The highest BCUT2D eigenvalue weighted by Gasteiger charge is 2.09. The predicted molar refractivity (Wildman–Crippen MR) is 96.3 cm³/mol. The average molecular weight is 357 g/mol. The highest BCUT2D eigenvalue weighted by atomic mass is 16.5. The molecule has 0 saturated carbocycles. The zero-order valence-corrected chi connectivity index (χ0v) is 13.9. The molecule has 0 aliphatic carbocycles. The molecule has 0 atom stereocenters. The first kappa shape index (κ1) is 19.0. The van der Waals surface area contributed by atoms with Crippen LogP contribution in [-0.4, -0.2) is 29.9 Å². The number of carbonyl (C=O) groups excluding carboxylic acids is 2. The topological polar surface area (TPSA) is 171 Å². The van der Waals surface area contributed by atoms with Gasteiger partial charge in [0.25, 0.3) is 0 Å². The summed E-state index contributed by atoms with van der Waals surface area (Å²) in [6, 6.07) is 9.72. The number of nitrogens with two attached hydrogens (primary N) is 3. The Labute approximate surface area is 149 Å². The van der Waals surface area contributed by atoms with Gasteiger partial charge in [-0.25, -0.2) is 4.98 Å². The fourth-order valence-corrected chi connectivity index (χ4v) is 1.84. The summed E-state index contributed by atoms with van der Waals surface area (Å²) in [7, 11) is 0. The first-order valence-corrected chi connectivity index (χ1v) is 7.71. The summed E-state index contributed by atoms with van der Waals surface area (Å²) in [5.74, 6) is -0.266. The number of nitrogens with one attached hydrogen (secondary N) is 1. The molecule has 10 heteroatoms. The third-order valence-corrected chi connectivity index (χ3v) is 3.06. The third-order valence-electron chi connectivity index (χ3n) is 3.06. The van der Waals surface area contributed by atoms with E-state index in [1.165, 1.54) is 6.07 Å². The smallest absolute Gasteiger partial charge is 0.312 e. The van der Waals surface area contributed by atoms with Crippen molar-refractivity contribution in [3.05, 3.63) is 36.4 Å². The molecule has 2 rings (SSSR count). The summed E-state index contributed by atoms with van der Waals surface area (Å²) < 4.78 is 5.20. The summed E-state index contributed by atoms with van der Waals surface area (Å²) in [4.78, 5) is 26.9. The Hall–Kier alpha value is -3.37. The number of anilines is 2. The van der Waals surface area contributed by atoms with E-state index in [0.29, 0.717) is 11.4 Å². The van der Waals surface area contributed by atoms with Gasteiger partial charge in [0.2, 0.25) is 5.91 Å². The van der Waals surface area contributed by atoms with E-state index in [1.54, 1.807) is 30.3 Å². The number of rotatable bonds is 7. The molecule has 26 heavy (non-hydrogen) atoms. The fourth-order valence-electron chi connectivity index (χ4n) is 1.84. The van der Waals surface area contributed by atoms with Crippen molar-refractivity contribution in [1.29, 1.82) is 0 Å². The van der Waals surface area contributed by atoms with E-state index in [-0.39, 0.29) is 42.8 Å². The number of amides is 1. The molecule has 136 valence electrons. The van der Waals surface area contributed by atoms with Gasteiger partial charge in [-0.3, -0.25) is 9.59 Å². The molecule has 0 saturated heterocycles. The zero-order chi connectivity index (χ0) is 18.9. The van der Waals surface area contributed by atoms with Crippen molar-refractivity contribution in [2.24, 2.45) is 21.7 Å². The third kappa shape index (κ3) is 5.33. The highest BCUT2D eigenvalue weighted by molar-refractivity contribution is 5.91. The SMILES string of the molecule is NCCC(=O)Oc1ccccc1/N=N/c1ccc(NC(=O)CN)nc1N. The lowest BCUT2D eigenvalue weighted by Gasteiger charge is -2.06. The van der Waals surface area contributed by atoms with E-state index in [0.717, 1.165) is 0 Å². The molecule has 0 bridgehead atoms. The number of nitrogens with zero attached hydrogens (tertiary/aromatic N) is 3. The normalized spacial score (nSPS) is 10.7. The van der Waals surface area contributed by atoms with Crippen LogP contribution in [0.2, 0.25) is 0 Å². The number of benzene rings is 1. The Bertz CT molecular complexity index is 823. The van der Waals surface area contributed by atoms with E-state index in [2.05, 4.69) is 20.5 Å². The molecule has 1 heterocycles. The number of para-hydroxylation sites is 1. The van der Waals surface area contributed by atoms with Crippen LogP contribution >= 0.6 is 0 Å². The van der Waals surface area contributed by atoms with E-state index in [1.807, 2.05) is 0 Å². The van der Waals surface area contributed by atoms with Gasteiger partial charge in [-0.15, -0.1) is 10.2 Å². The maximum absolute atomic E-state index is 11.6. The zero-order valence-electron chi connectivity index (χ0n) is 13.9. The van der Waals surface area contributed by atoms with Gasteiger partial charge in [0, 0.05) is 6.54 Å². The molecule has 0 aliphatic rings. The van der Waals surface area contributed by atoms with Gasteiger partial charge in [-0.1, -0.05) is 12.1 Å². The van der Waals surface area contributed by atoms with Crippen LogP contribution in [0.15, 0.2) is 46.6 Å². The maximum Gasteiger partial charge on any atom is 0.312 e. The highest BCUT2D eigenvalue weighted by Crippen LogP contribution is 2.30. The van der Waals surface area contributed by atoms with Crippen molar-refractivity contribution in [3.8, 4) is 5.75 Å². The number of hydrogen-bond acceptors (Lipinski definition) is 9. The van der Waals surface area contributed by atoms with Crippen LogP contribution in [0.5, 0.6) is 5.75 Å². The number of nitrogen functional groups attached to an aromatic ring is 1. The van der Waals surface area contributed by atoms with E-state index in [9.17, 15) is 9.59 Å². The first-order valence-electron chi connectivity index (χ1n) is 7.71. The largest absolute Gasteiger partial charge is 0.424 e. The number of esters is 1. The molecule has 1 amide bonds. The van der Waals surface area contributed by atoms with E-state index < -0.39 is 5.97 Å². The summed E-state index contributed by atoms with van der Waals surface area (Å²) in [6.45, 7) is 0.0282. The van der Waals surface area contributed by atoms with Crippen molar-refractivity contribution >= 4 is 34.9 Å². The number of azo groups is 1. The molecular formula is C16H19N7O3. The minimum Gasteiger partial charge on any atom is -0.424 e. The van der Waals surface area contributed by atoms with Crippen LogP contribution in [0.1, 0.15) is 6.42 Å². The van der Waals surface area contributed by atoms with Gasteiger partial charge in [0.1, 0.15) is 17.2 Å². The van der Waals surface area contributed by atoms with Gasteiger partial charge >= 0.3 is 5.97 Å². The van der Waals surface area contributed by atoms with Crippen molar-refractivity contribution in [2.75, 3.05) is 24.1 Å². The summed E-state index contributed by atoms with van der Waals surface area (Å²) in [5, 5.41) is 10.5. The Morgan fingerprint density at radius 2 is 1.81 bits per heavy atom. The summed E-state index contributed by atoms with van der Waals surface area (Å²) in [5.41, 5.74) is 17.0. The first-order chi connectivity index (χ1) is 12.5. The molecule has 1 aromatic heterocycles. The standard InChI is InChI=1S/C16H19N7O3/c17-8-7-15(25)26-12-4-2-1-3-10(12)22-23-11-5-6-13(21-16(11)19)20-14(24)9-18/h1-6H,7-9,17-18H2,(H3,19,20,21,24)/b23-22+. The maximum atomic E-state index is 11.6. The minimum atomic E-state index is -0.462. The van der Waals surface area contributed by atoms with Gasteiger partial charge < -0.3 is 27.3 Å². The van der Waals surface area contributed by atoms with Crippen LogP contribution in [-0.2, 0) is 9.59 Å². The molecular weight excluding hydrogens is 338 g/mol. The second-order valence-corrected chi connectivity index (χ2v) is 5.03. The second-order valence-electron chi connectivity index (χ2n) is 5.03. The lowest BCUT2D eigenvalue weighted by atomic mass is 10.3. The predicted octanol–water partition coefficient (Wildman–Crippen LogP) is 1.23. The van der Waals surface area contributed by atoms with Gasteiger partial charge in [-0.2, -0.15) is 0 Å². The van der Waals surface area contributed by atoms with Crippen LogP contribution in [0.4, 0.5) is 23.0 Å². The molecule has 0 unspecified atom stereocenters. The Balaban J connectivity index is 2.17. The average Bonchev–Trinajstić information content (AvgIpc) is 2.62. The van der Waals surface area contributed by atoms with Gasteiger partial charge in [-0.05, 0) is 24.3 Å². The van der Waals surface area contributed by atoms with Crippen molar-refractivity contribution in [3.63, 3.8) is 0 Å². The molecule has 7 N–H and O–H groups in total. The molecule has 2 aromatic rings. The molecule has 0 aliphatic heterocycles. The second kappa shape index (κ2) is 9.20. The number of carbonyl (C=O) groups is 2. The van der Waals surface area contributed by atoms with Crippen LogP contribution in [0.25, 0.3) is 0 Å². The fraction of sp³-hybridized carbons (Fsp3) is 0.188. The summed E-state index contributed by atoms with van der Waals surface area (Å²) >= 11 is 0. The Kier molecular flexibility index (Phi) is 6.71.